The van der Waals surface area contributed by atoms with Crippen molar-refractivity contribution in [3.05, 3.63) is 0 Å². The second kappa shape index (κ2) is 6.44. The number of hydrogen-bond donors (Lipinski definition) is 0. The summed E-state index contributed by atoms with van der Waals surface area (Å²) in [6.45, 7) is 10.1. The van der Waals surface area contributed by atoms with Crippen LogP contribution in [0.2, 0.25) is 0 Å². The van der Waals surface area contributed by atoms with Crippen molar-refractivity contribution < 1.29 is 14.3 Å². The minimum absolute atomic E-state index is 0.0190. The Labute approximate surface area is 122 Å². The van der Waals surface area contributed by atoms with Gasteiger partial charge in [-0.3, -0.25) is 9.69 Å². The van der Waals surface area contributed by atoms with E-state index >= 15 is 0 Å². The number of nitrogens with zero attached hydrogens (tertiary/aromatic N) is 1. The zero-order valence-electron chi connectivity index (χ0n) is 13.2. The Bertz CT molecular complexity index is 343. The van der Waals surface area contributed by atoms with Gasteiger partial charge in [0, 0.05) is 13.2 Å². The van der Waals surface area contributed by atoms with Gasteiger partial charge >= 0.3 is 5.97 Å². The number of likely N-dealkylation sites (tertiary alicyclic amines) is 1. The maximum Gasteiger partial charge on any atom is 0.320 e. The summed E-state index contributed by atoms with van der Waals surface area (Å²) in [5.41, 5.74) is 0.360. The first-order chi connectivity index (χ1) is 9.51. The number of esters is 1. The summed E-state index contributed by atoms with van der Waals surface area (Å²) >= 11 is 0. The van der Waals surface area contributed by atoms with Crippen LogP contribution in [0.3, 0.4) is 0 Å². The van der Waals surface area contributed by atoms with E-state index in [2.05, 4.69) is 18.7 Å². The first-order valence-electron chi connectivity index (χ1n) is 8.03. The fourth-order valence-electron chi connectivity index (χ4n) is 3.86. The Kier molecular flexibility index (Phi) is 5.08. The van der Waals surface area contributed by atoms with Crippen LogP contribution in [0.5, 0.6) is 0 Å². The van der Waals surface area contributed by atoms with Crippen LogP contribution in [-0.4, -0.2) is 49.3 Å². The number of hydrogen-bond acceptors (Lipinski definition) is 4. The van der Waals surface area contributed by atoms with Crippen molar-refractivity contribution in [2.45, 2.75) is 58.5 Å². The molecule has 4 heteroatoms. The molecule has 0 aromatic heterocycles. The molecule has 0 unspecified atom stereocenters. The van der Waals surface area contributed by atoms with Gasteiger partial charge in [-0.1, -0.05) is 6.92 Å². The molecule has 2 aliphatic heterocycles. The summed E-state index contributed by atoms with van der Waals surface area (Å²) in [5, 5.41) is 0. The van der Waals surface area contributed by atoms with E-state index in [-0.39, 0.29) is 11.6 Å². The minimum Gasteiger partial charge on any atom is -0.465 e. The summed E-state index contributed by atoms with van der Waals surface area (Å²) in [4.78, 5) is 14.0. The van der Waals surface area contributed by atoms with Gasteiger partial charge in [-0.05, 0) is 57.9 Å². The van der Waals surface area contributed by atoms with Crippen molar-refractivity contribution in [3.8, 4) is 0 Å². The standard InChI is InChI=1S/C16H29NO3/c1-4-15(3)12-16(8-10-20-15)7-6-9-17(13-16)11-14(18)19-5-2/h4-13H2,1-3H3/t15-,16-/m1/s1. The van der Waals surface area contributed by atoms with Gasteiger partial charge in [-0.25, -0.2) is 0 Å². The molecule has 20 heavy (non-hydrogen) atoms. The molecule has 0 radical (unpaired) electrons. The molecule has 0 bridgehead atoms. The molecule has 2 atom stereocenters. The van der Waals surface area contributed by atoms with Gasteiger partial charge in [0.05, 0.1) is 18.8 Å². The Morgan fingerprint density at radius 3 is 2.85 bits per heavy atom. The molecule has 0 aromatic rings. The lowest BCUT2D eigenvalue weighted by molar-refractivity contribution is -0.149. The molecular weight excluding hydrogens is 254 g/mol. The first kappa shape index (κ1) is 15.8. The van der Waals surface area contributed by atoms with Crippen LogP contribution in [0.4, 0.5) is 0 Å². The second-order valence-corrected chi connectivity index (χ2v) is 6.70. The van der Waals surface area contributed by atoms with Crippen LogP contribution < -0.4 is 0 Å². The molecule has 1 spiro atoms. The van der Waals surface area contributed by atoms with Gasteiger partial charge in [0.1, 0.15) is 0 Å². The minimum atomic E-state index is -0.0881. The zero-order valence-corrected chi connectivity index (χ0v) is 13.2. The van der Waals surface area contributed by atoms with Gasteiger partial charge in [0.15, 0.2) is 0 Å². The van der Waals surface area contributed by atoms with E-state index < -0.39 is 0 Å². The molecule has 0 N–H and O–H groups in total. The molecule has 0 amide bonds. The van der Waals surface area contributed by atoms with Gasteiger partial charge in [0.25, 0.3) is 0 Å². The van der Waals surface area contributed by atoms with Crippen molar-refractivity contribution in [1.82, 2.24) is 4.90 Å². The summed E-state index contributed by atoms with van der Waals surface area (Å²) in [6, 6.07) is 0. The first-order valence-corrected chi connectivity index (χ1v) is 8.03. The Morgan fingerprint density at radius 2 is 2.15 bits per heavy atom. The van der Waals surface area contributed by atoms with Crippen molar-refractivity contribution in [2.24, 2.45) is 5.41 Å². The molecule has 0 aromatic carbocycles. The largest absolute Gasteiger partial charge is 0.465 e. The highest BCUT2D eigenvalue weighted by atomic mass is 16.5. The number of rotatable bonds is 4. The lowest BCUT2D eigenvalue weighted by atomic mass is 9.68. The summed E-state index contributed by atoms with van der Waals surface area (Å²) < 4.78 is 11.1. The number of carbonyl (C=O) groups excluding carboxylic acids is 1. The van der Waals surface area contributed by atoms with E-state index in [4.69, 9.17) is 9.47 Å². The molecule has 2 fully saturated rings. The molecule has 0 saturated carbocycles. The number of ether oxygens (including phenoxy) is 2. The van der Waals surface area contributed by atoms with Gasteiger partial charge < -0.3 is 9.47 Å². The molecule has 116 valence electrons. The van der Waals surface area contributed by atoms with Crippen LogP contribution in [0.1, 0.15) is 52.9 Å². The highest BCUT2D eigenvalue weighted by Gasteiger charge is 2.44. The average Bonchev–Trinajstić information content (AvgIpc) is 2.39. The van der Waals surface area contributed by atoms with Crippen molar-refractivity contribution >= 4 is 5.97 Å². The van der Waals surface area contributed by atoms with Crippen molar-refractivity contribution in [3.63, 3.8) is 0 Å². The van der Waals surface area contributed by atoms with Crippen molar-refractivity contribution in [1.29, 1.82) is 0 Å². The predicted molar refractivity (Wildman–Crippen MR) is 78.6 cm³/mol. The predicted octanol–water partition coefficient (Wildman–Crippen LogP) is 2.61. The molecule has 2 heterocycles. The van der Waals surface area contributed by atoms with E-state index in [1.807, 2.05) is 6.92 Å². The third kappa shape index (κ3) is 3.73. The number of piperidine rings is 1. The smallest absolute Gasteiger partial charge is 0.320 e. The molecular formula is C16H29NO3. The zero-order chi connectivity index (χ0) is 14.6. The molecule has 2 aliphatic rings. The highest BCUT2D eigenvalue weighted by Crippen LogP contribution is 2.45. The third-order valence-electron chi connectivity index (χ3n) is 4.98. The summed E-state index contributed by atoms with van der Waals surface area (Å²) in [5.74, 6) is -0.0881. The van der Waals surface area contributed by atoms with E-state index in [0.29, 0.717) is 18.6 Å². The molecule has 2 saturated heterocycles. The maximum atomic E-state index is 11.7. The molecule has 2 rings (SSSR count). The average molecular weight is 283 g/mol. The SMILES string of the molecule is CCOC(=O)CN1CCC[C@]2(CCO[C@](C)(CC)C2)C1. The van der Waals surface area contributed by atoms with Crippen molar-refractivity contribution in [2.75, 3.05) is 32.8 Å². The van der Waals surface area contributed by atoms with Gasteiger partial charge in [0.2, 0.25) is 0 Å². The normalized spacial score (nSPS) is 35.1. The van der Waals surface area contributed by atoms with Gasteiger partial charge in [-0.15, -0.1) is 0 Å². The van der Waals surface area contributed by atoms with Crippen LogP contribution in [0.25, 0.3) is 0 Å². The van der Waals surface area contributed by atoms with Crippen LogP contribution >= 0.6 is 0 Å². The monoisotopic (exact) mass is 283 g/mol. The van der Waals surface area contributed by atoms with E-state index in [0.717, 1.165) is 39.0 Å². The van der Waals surface area contributed by atoms with Crippen LogP contribution in [-0.2, 0) is 14.3 Å². The summed E-state index contributed by atoms with van der Waals surface area (Å²) in [6.07, 6.45) is 5.76. The van der Waals surface area contributed by atoms with E-state index in [1.165, 1.54) is 12.8 Å². The fraction of sp³-hybridized carbons (Fsp3) is 0.938. The van der Waals surface area contributed by atoms with E-state index in [9.17, 15) is 4.79 Å². The topological polar surface area (TPSA) is 38.8 Å². The van der Waals surface area contributed by atoms with Crippen LogP contribution in [0.15, 0.2) is 0 Å². The quantitative estimate of drug-likeness (QED) is 0.743. The highest BCUT2D eigenvalue weighted by molar-refractivity contribution is 5.71. The summed E-state index contributed by atoms with van der Waals surface area (Å²) in [7, 11) is 0. The molecule has 0 aliphatic carbocycles. The Balaban J connectivity index is 1.96. The third-order valence-corrected chi connectivity index (χ3v) is 4.98. The number of carbonyl (C=O) groups is 1. The Morgan fingerprint density at radius 1 is 1.35 bits per heavy atom. The van der Waals surface area contributed by atoms with E-state index in [1.54, 1.807) is 0 Å². The lowest BCUT2D eigenvalue weighted by Crippen LogP contribution is -2.52. The lowest BCUT2D eigenvalue weighted by Gasteiger charge is -2.50. The Hall–Kier alpha value is -0.610. The van der Waals surface area contributed by atoms with Gasteiger partial charge in [-0.2, -0.15) is 0 Å². The fourth-order valence-corrected chi connectivity index (χ4v) is 3.86. The van der Waals surface area contributed by atoms with Crippen LogP contribution in [0, 0.1) is 5.41 Å². The maximum absolute atomic E-state index is 11.7. The molecule has 4 nitrogen and oxygen atoms in total. The second-order valence-electron chi connectivity index (χ2n) is 6.70.